The molecule has 0 aromatic carbocycles. The second-order valence-corrected chi connectivity index (χ2v) is 10.6. The van der Waals surface area contributed by atoms with Crippen LogP contribution in [0.4, 0.5) is 16.4 Å². The minimum Gasteiger partial charge on any atom is -0.481 e. The summed E-state index contributed by atoms with van der Waals surface area (Å²) >= 11 is 1.57. The number of piperazine rings is 1. The number of carbonyl (C=O) groups excluding carboxylic acids is 2. The van der Waals surface area contributed by atoms with E-state index >= 15 is 0 Å². The van der Waals surface area contributed by atoms with Gasteiger partial charge in [0.05, 0.1) is 30.8 Å². The van der Waals surface area contributed by atoms with Gasteiger partial charge in [-0.25, -0.2) is 14.8 Å². The van der Waals surface area contributed by atoms with Gasteiger partial charge in [-0.2, -0.15) is 10.2 Å². The van der Waals surface area contributed by atoms with Crippen LogP contribution in [0.25, 0.3) is 0 Å². The number of fused-ring (bicyclic) bond motifs is 1. The first-order valence-corrected chi connectivity index (χ1v) is 13.7. The van der Waals surface area contributed by atoms with Gasteiger partial charge in [-0.05, 0) is 49.6 Å². The SMILES string of the molecule is COc1nc2c(cc1CN1CCN(C)CC1=O)CCCN2C(=O)Nc1cc(CCc2nccs2)c(C#N)cn1. The monoisotopic (exact) mass is 546 g/mol. The summed E-state index contributed by atoms with van der Waals surface area (Å²) in [6.45, 7) is 2.77. The molecular weight excluding hydrogens is 516 g/mol. The molecule has 0 atom stereocenters. The fourth-order valence-corrected chi connectivity index (χ4v) is 5.50. The van der Waals surface area contributed by atoms with Crippen LogP contribution in [0.5, 0.6) is 5.88 Å². The second-order valence-electron chi connectivity index (χ2n) is 9.64. The highest BCUT2D eigenvalue weighted by Gasteiger charge is 2.28. The average Bonchev–Trinajstić information content (AvgIpc) is 3.46. The molecule has 5 heterocycles. The van der Waals surface area contributed by atoms with Crippen LogP contribution in [0.1, 0.15) is 33.7 Å². The number of likely N-dealkylation sites (N-methyl/N-ethyl adjacent to an activating group) is 1. The fourth-order valence-electron chi connectivity index (χ4n) is 4.88. The van der Waals surface area contributed by atoms with E-state index in [0.717, 1.165) is 41.1 Å². The molecule has 3 amide bonds. The highest BCUT2D eigenvalue weighted by Crippen LogP contribution is 2.32. The van der Waals surface area contributed by atoms with Crippen molar-refractivity contribution < 1.29 is 14.3 Å². The van der Waals surface area contributed by atoms with Gasteiger partial charge in [-0.1, -0.05) is 0 Å². The van der Waals surface area contributed by atoms with Crippen molar-refractivity contribution in [2.24, 2.45) is 0 Å². The van der Waals surface area contributed by atoms with Crippen molar-refractivity contribution in [1.82, 2.24) is 24.8 Å². The minimum atomic E-state index is -0.351. The van der Waals surface area contributed by atoms with Crippen molar-refractivity contribution in [3.05, 3.63) is 57.2 Å². The highest BCUT2D eigenvalue weighted by atomic mass is 32.1. The maximum absolute atomic E-state index is 13.4. The number of amides is 3. The third kappa shape index (κ3) is 6.00. The summed E-state index contributed by atoms with van der Waals surface area (Å²) in [6, 6.07) is 5.58. The van der Waals surface area contributed by atoms with Gasteiger partial charge < -0.3 is 9.64 Å². The first kappa shape index (κ1) is 26.5. The Labute approximate surface area is 231 Å². The first-order valence-electron chi connectivity index (χ1n) is 12.8. The van der Waals surface area contributed by atoms with Crippen molar-refractivity contribution in [3.8, 4) is 11.9 Å². The van der Waals surface area contributed by atoms with E-state index in [1.165, 1.54) is 6.20 Å². The zero-order chi connectivity index (χ0) is 27.4. The molecule has 0 unspecified atom stereocenters. The van der Waals surface area contributed by atoms with Gasteiger partial charge in [0.2, 0.25) is 11.8 Å². The Hall–Kier alpha value is -4.08. The molecule has 11 nitrogen and oxygen atoms in total. The first-order chi connectivity index (χ1) is 18.9. The largest absolute Gasteiger partial charge is 0.481 e. The highest BCUT2D eigenvalue weighted by molar-refractivity contribution is 7.09. The van der Waals surface area contributed by atoms with E-state index < -0.39 is 0 Å². The molecule has 2 aliphatic rings. The molecule has 1 fully saturated rings. The third-order valence-corrected chi connectivity index (χ3v) is 7.79. The Morgan fingerprint density at radius 1 is 1.21 bits per heavy atom. The number of hydrogen-bond acceptors (Lipinski definition) is 9. The van der Waals surface area contributed by atoms with Crippen molar-refractivity contribution in [2.45, 2.75) is 32.2 Å². The van der Waals surface area contributed by atoms with E-state index in [-0.39, 0.29) is 11.9 Å². The topological polar surface area (TPSA) is 128 Å². The van der Waals surface area contributed by atoms with Crippen LogP contribution in [0.3, 0.4) is 0 Å². The summed E-state index contributed by atoms with van der Waals surface area (Å²) in [7, 11) is 3.48. The lowest BCUT2D eigenvalue weighted by Crippen LogP contribution is -2.48. The van der Waals surface area contributed by atoms with Crippen molar-refractivity contribution >= 4 is 34.9 Å². The standard InChI is InChI=1S/C27H30N8O3S/c1-33-9-10-34(24(36)17-33)16-20-12-19-4-3-8-35(25(19)32-26(20)38-2)27(37)31-22-13-18(21(14-28)15-30-22)5-6-23-29-7-11-39-23/h7,11-13,15H,3-6,8-10,16-17H2,1-2H3,(H,30,31,37). The molecular formula is C27H30N8O3S. The summed E-state index contributed by atoms with van der Waals surface area (Å²) in [5.41, 5.74) is 3.05. The second kappa shape index (κ2) is 11.8. The molecule has 1 N–H and O–H groups in total. The zero-order valence-electron chi connectivity index (χ0n) is 22.0. The van der Waals surface area contributed by atoms with Gasteiger partial charge in [0.1, 0.15) is 17.7 Å². The minimum absolute atomic E-state index is 0.0745. The molecule has 5 rings (SSSR count). The van der Waals surface area contributed by atoms with Gasteiger partial charge in [0.25, 0.3) is 0 Å². The molecule has 2 aliphatic heterocycles. The third-order valence-electron chi connectivity index (χ3n) is 6.95. The van der Waals surface area contributed by atoms with Gasteiger partial charge in [-0.3, -0.25) is 19.9 Å². The Balaban J connectivity index is 1.33. The lowest BCUT2D eigenvalue weighted by Gasteiger charge is -2.33. The van der Waals surface area contributed by atoms with Crippen molar-refractivity contribution in [2.75, 3.05) is 50.6 Å². The molecule has 0 bridgehead atoms. The Morgan fingerprint density at radius 3 is 2.82 bits per heavy atom. The van der Waals surface area contributed by atoms with Crippen LogP contribution in [0, 0.1) is 11.3 Å². The number of nitrogens with zero attached hydrogens (tertiary/aromatic N) is 7. The number of rotatable bonds is 7. The number of nitriles is 1. The molecule has 3 aromatic heterocycles. The summed E-state index contributed by atoms with van der Waals surface area (Å²) in [5, 5.41) is 15.3. The van der Waals surface area contributed by atoms with E-state index in [1.807, 2.05) is 28.3 Å². The van der Waals surface area contributed by atoms with Gasteiger partial charge >= 0.3 is 6.03 Å². The van der Waals surface area contributed by atoms with Crippen LogP contribution in [-0.4, -0.2) is 77.0 Å². The molecule has 12 heteroatoms. The fraction of sp³-hybridized carbons (Fsp3) is 0.407. The van der Waals surface area contributed by atoms with Crippen LogP contribution in [-0.2, 0) is 30.6 Å². The molecule has 202 valence electrons. The lowest BCUT2D eigenvalue weighted by atomic mass is 10.0. The van der Waals surface area contributed by atoms with Crippen molar-refractivity contribution in [1.29, 1.82) is 5.26 Å². The number of thiazole rings is 1. The molecule has 0 saturated carbocycles. The molecule has 3 aromatic rings. The van der Waals surface area contributed by atoms with Crippen LogP contribution in [0.2, 0.25) is 0 Å². The Kier molecular flexibility index (Phi) is 7.99. The quantitative estimate of drug-likeness (QED) is 0.479. The van der Waals surface area contributed by atoms with Gasteiger partial charge in [-0.15, -0.1) is 11.3 Å². The van der Waals surface area contributed by atoms with E-state index in [9.17, 15) is 14.9 Å². The normalized spacial score (nSPS) is 15.6. The average molecular weight is 547 g/mol. The van der Waals surface area contributed by atoms with Gasteiger partial charge in [0, 0.05) is 49.4 Å². The predicted molar refractivity (Wildman–Crippen MR) is 147 cm³/mol. The van der Waals surface area contributed by atoms with Gasteiger partial charge in [0.15, 0.2) is 0 Å². The molecule has 39 heavy (non-hydrogen) atoms. The zero-order valence-corrected chi connectivity index (χ0v) is 22.8. The number of ether oxygens (including phenoxy) is 1. The summed E-state index contributed by atoms with van der Waals surface area (Å²) in [4.78, 5) is 44.6. The molecule has 0 radical (unpaired) electrons. The smallest absolute Gasteiger partial charge is 0.328 e. The maximum Gasteiger partial charge on any atom is 0.328 e. The maximum atomic E-state index is 13.4. The van der Waals surface area contributed by atoms with Crippen molar-refractivity contribution in [3.63, 3.8) is 0 Å². The summed E-state index contributed by atoms with van der Waals surface area (Å²) in [6.07, 6.45) is 6.12. The Morgan fingerprint density at radius 2 is 2.08 bits per heavy atom. The number of aromatic nitrogens is 3. The number of nitrogens with one attached hydrogen (secondary N) is 1. The lowest BCUT2D eigenvalue weighted by molar-refractivity contribution is -0.136. The van der Waals surface area contributed by atoms with Crippen LogP contribution in [0.15, 0.2) is 29.9 Å². The van der Waals surface area contributed by atoms with E-state index in [1.54, 1.807) is 35.6 Å². The van der Waals surface area contributed by atoms with E-state index in [2.05, 4.69) is 21.4 Å². The van der Waals surface area contributed by atoms with Crippen LogP contribution >= 0.6 is 11.3 Å². The summed E-state index contributed by atoms with van der Waals surface area (Å²) < 4.78 is 5.59. The number of carbonyl (C=O) groups is 2. The van der Waals surface area contributed by atoms with E-state index in [4.69, 9.17) is 9.72 Å². The summed E-state index contributed by atoms with van der Waals surface area (Å²) in [5.74, 6) is 1.39. The molecule has 1 saturated heterocycles. The van der Waals surface area contributed by atoms with E-state index in [0.29, 0.717) is 62.1 Å². The predicted octanol–water partition coefficient (Wildman–Crippen LogP) is 2.86. The number of hydrogen-bond donors (Lipinski definition) is 1. The number of methoxy groups -OCH3 is 1. The number of anilines is 2. The molecule has 0 aliphatic carbocycles. The molecule has 0 spiro atoms. The number of pyridine rings is 2. The number of aryl methyl sites for hydroxylation is 3. The Bertz CT molecular complexity index is 1400. The number of urea groups is 1. The van der Waals surface area contributed by atoms with Crippen LogP contribution < -0.4 is 15.0 Å².